The van der Waals surface area contributed by atoms with Crippen LogP contribution >= 0.6 is 0 Å². The summed E-state index contributed by atoms with van der Waals surface area (Å²) in [6, 6.07) is 137. The standard InChI is InChI=1S/C88H68BN3Si2/c1-88(2,3)65-57-54-63(55-58-65)64-56-59-76-82(60-64)92(81-51-29-31-53-86(81)94(70-38-16-7-17-39-70,71-40-18-8-19-41-71)72-42-20-9-21-43-72)84-62-66(90-77-47-25-22-44-73(77)74-45-23-26-48-78(74)90)61-83-87(84)89(76)75-46-24-27-49-79(75)91(83)80-50-28-30-52-85(80)93(67-32-10-4-11-33-67,68-34-12-5-13-35-68)69-36-14-6-15-37-69/h4-62H,1-3H3. The van der Waals surface area contributed by atoms with E-state index in [0.29, 0.717) is 0 Å². The van der Waals surface area contributed by atoms with E-state index in [1.54, 1.807) is 0 Å². The Hall–Kier alpha value is -11.0. The fourth-order valence-corrected chi connectivity index (χ4v) is 26.0. The third-order valence-corrected chi connectivity index (χ3v) is 29.9. The highest BCUT2D eigenvalue weighted by atomic mass is 28.3. The van der Waals surface area contributed by atoms with Gasteiger partial charge in [0.25, 0.3) is 6.71 Å². The molecule has 2 aliphatic heterocycles. The van der Waals surface area contributed by atoms with Crippen LogP contribution in [0.5, 0.6) is 0 Å². The Labute approximate surface area is 553 Å². The number of benzene rings is 14. The van der Waals surface area contributed by atoms with Crippen molar-refractivity contribution in [2.75, 3.05) is 9.80 Å². The maximum absolute atomic E-state index is 3.24. The van der Waals surface area contributed by atoms with E-state index in [2.05, 4.69) is 393 Å². The summed E-state index contributed by atoms with van der Waals surface area (Å²) in [6.45, 7) is 6.74. The zero-order chi connectivity index (χ0) is 63.0. The lowest BCUT2D eigenvalue weighted by Crippen LogP contribution is -2.75. The van der Waals surface area contributed by atoms with Gasteiger partial charge in [0, 0.05) is 44.9 Å². The molecule has 0 N–H and O–H groups in total. The van der Waals surface area contributed by atoms with Crippen molar-refractivity contribution >= 4 is 137 Å². The van der Waals surface area contributed by atoms with Crippen LogP contribution in [0.2, 0.25) is 0 Å². The molecule has 3 heterocycles. The molecule has 14 aromatic carbocycles. The monoisotopic (exact) mass is 1230 g/mol. The van der Waals surface area contributed by atoms with Crippen LogP contribution in [0.3, 0.4) is 0 Å². The summed E-state index contributed by atoms with van der Waals surface area (Å²) in [7, 11) is -6.43. The third kappa shape index (κ3) is 8.92. The number of aromatic nitrogens is 1. The van der Waals surface area contributed by atoms with E-state index < -0.39 is 16.1 Å². The summed E-state index contributed by atoms with van der Waals surface area (Å²) < 4.78 is 2.54. The van der Waals surface area contributed by atoms with Crippen LogP contribution in [0.15, 0.2) is 358 Å². The number of fused-ring (bicyclic) bond motifs is 7. The van der Waals surface area contributed by atoms with E-state index >= 15 is 0 Å². The Bertz CT molecular complexity index is 5060. The second-order valence-corrected chi connectivity index (χ2v) is 33.8. The van der Waals surface area contributed by atoms with E-state index in [4.69, 9.17) is 0 Å². The van der Waals surface area contributed by atoms with Gasteiger partial charge >= 0.3 is 0 Å². The predicted octanol–water partition coefficient (Wildman–Crippen LogP) is 14.6. The molecule has 446 valence electrons. The molecule has 6 heteroatoms. The topological polar surface area (TPSA) is 11.4 Å². The Morgan fingerprint density at radius 1 is 0.277 bits per heavy atom. The van der Waals surface area contributed by atoms with Gasteiger partial charge in [0.15, 0.2) is 16.1 Å². The highest BCUT2D eigenvalue weighted by Gasteiger charge is 2.50. The first kappa shape index (κ1) is 56.9. The van der Waals surface area contributed by atoms with Crippen molar-refractivity contribution in [1.29, 1.82) is 0 Å². The summed E-state index contributed by atoms with van der Waals surface area (Å²) in [6.07, 6.45) is 0. The van der Waals surface area contributed by atoms with Crippen LogP contribution < -0.4 is 67.7 Å². The molecule has 94 heavy (non-hydrogen) atoms. The molecular weight excluding hydrogens is 1170 g/mol. The molecule has 0 unspecified atom stereocenters. The van der Waals surface area contributed by atoms with Gasteiger partial charge in [-0.2, -0.15) is 0 Å². The lowest BCUT2D eigenvalue weighted by atomic mass is 9.33. The van der Waals surface area contributed by atoms with Gasteiger partial charge < -0.3 is 14.4 Å². The quantitative estimate of drug-likeness (QED) is 0.0892. The molecule has 0 aliphatic carbocycles. The zero-order valence-electron chi connectivity index (χ0n) is 53.0. The Morgan fingerprint density at radius 2 is 0.617 bits per heavy atom. The summed E-state index contributed by atoms with van der Waals surface area (Å²) in [4.78, 5) is 5.40. The number of rotatable bonds is 12. The Morgan fingerprint density at radius 3 is 1.04 bits per heavy atom. The average molecular weight is 1230 g/mol. The molecule has 0 bridgehead atoms. The second kappa shape index (κ2) is 23.0. The minimum absolute atomic E-state index is 0.00806. The first-order chi connectivity index (χ1) is 46.3. The average Bonchev–Trinajstić information content (AvgIpc) is 0.699. The van der Waals surface area contributed by atoms with Crippen LogP contribution in [0.4, 0.5) is 34.1 Å². The molecule has 0 saturated carbocycles. The Balaban J connectivity index is 1.04. The van der Waals surface area contributed by atoms with Crippen LogP contribution in [0, 0.1) is 0 Å². The third-order valence-electron chi connectivity index (χ3n) is 20.2. The summed E-state index contributed by atoms with van der Waals surface area (Å²) >= 11 is 0. The molecule has 2 aliphatic rings. The van der Waals surface area contributed by atoms with Gasteiger partial charge in [-0.05, 0) is 129 Å². The summed E-state index contributed by atoms with van der Waals surface area (Å²) in [5.41, 5.74) is 17.8. The van der Waals surface area contributed by atoms with Crippen LogP contribution in [0.1, 0.15) is 26.3 Å². The van der Waals surface area contributed by atoms with Gasteiger partial charge in [-0.15, -0.1) is 0 Å². The number of anilines is 6. The van der Waals surface area contributed by atoms with Crippen molar-refractivity contribution < 1.29 is 0 Å². The van der Waals surface area contributed by atoms with Crippen molar-refractivity contribution in [3.05, 3.63) is 363 Å². The van der Waals surface area contributed by atoms with Crippen molar-refractivity contribution in [1.82, 2.24) is 4.57 Å². The first-order valence-electron chi connectivity index (χ1n) is 32.9. The normalized spacial score (nSPS) is 12.8. The minimum Gasteiger partial charge on any atom is -0.311 e. The summed E-state index contributed by atoms with van der Waals surface area (Å²) in [5, 5.41) is 13.0. The van der Waals surface area contributed by atoms with E-state index in [9.17, 15) is 0 Å². The SMILES string of the molecule is CC(C)(C)c1ccc(-c2ccc3c(c2)N(c2ccccc2[Si](c2ccccc2)(c2ccccc2)c2ccccc2)c2cc(-n4c5ccccc5c5ccccc54)cc4c2B3c2ccccc2N4c2ccccc2[Si](c2ccccc2)(c2ccccc2)c2ccccc2)cc1. The Kier molecular flexibility index (Phi) is 13.9. The molecule has 0 saturated heterocycles. The maximum Gasteiger partial charge on any atom is 0.252 e. The fourth-order valence-electron chi connectivity index (χ4n) is 16.2. The van der Waals surface area contributed by atoms with Crippen LogP contribution in [-0.4, -0.2) is 27.4 Å². The second-order valence-electron chi connectivity index (χ2n) is 26.3. The van der Waals surface area contributed by atoms with E-state index in [1.807, 2.05) is 0 Å². The van der Waals surface area contributed by atoms with Gasteiger partial charge in [-0.25, -0.2) is 0 Å². The zero-order valence-corrected chi connectivity index (χ0v) is 55.0. The van der Waals surface area contributed by atoms with Crippen molar-refractivity contribution in [3.63, 3.8) is 0 Å². The molecule has 0 amide bonds. The lowest BCUT2D eigenvalue weighted by Gasteiger charge is -2.47. The molecule has 0 fully saturated rings. The molecular formula is C88H68BN3Si2. The van der Waals surface area contributed by atoms with Gasteiger partial charge in [0.2, 0.25) is 0 Å². The molecule has 17 rings (SSSR count). The highest BCUT2D eigenvalue weighted by molar-refractivity contribution is 7.21. The minimum atomic E-state index is -3.24. The number of hydrogen-bond acceptors (Lipinski definition) is 2. The number of nitrogens with zero attached hydrogens (tertiary/aromatic N) is 3. The molecule has 3 nitrogen and oxygen atoms in total. The van der Waals surface area contributed by atoms with Gasteiger partial charge in [-0.1, -0.05) is 330 Å². The van der Waals surface area contributed by atoms with E-state index in [0.717, 1.165) is 45.2 Å². The highest BCUT2D eigenvalue weighted by Crippen LogP contribution is 2.47. The lowest BCUT2D eigenvalue weighted by molar-refractivity contribution is 0.590. The van der Waals surface area contributed by atoms with Gasteiger partial charge in [0.1, 0.15) is 0 Å². The van der Waals surface area contributed by atoms with Crippen LogP contribution in [-0.2, 0) is 5.41 Å². The number of para-hydroxylation sites is 5. The van der Waals surface area contributed by atoms with Gasteiger partial charge in [0.05, 0.1) is 16.7 Å². The van der Waals surface area contributed by atoms with Crippen LogP contribution in [0.25, 0.3) is 38.6 Å². The smallest absolute Gasteiger partial charge is 0.252 e. The molecule has 15 aromatic rings. The molecule has 1 aromatic heterocycles. The van der Waals surface area contributed by atoms with E-state index in [1.165, 1.54) is 91.0 Å². The number of hydrogen-bond donors (Lipinski definition) is 0. The largest absolute Gasteiger partial charge is 0.311 e. The fraction of sp³-hybridized carbons (Fsp3) is 0.0455. The van der Waals surface area contributed by atoms with Crippen molar-refractivity contribution in [2.45, 2.75) is 26.2 Å². The molecule has 0 atom stereocenters. The van der Waals surface area contributed by atoms with E-state index in [-0.39, 0.29) is 12.1 Å². The maximum atomic E-state index is 2.72. The first-order valence-corrected chi connectivity index (χ1v) is 36.9. The summed E-state index contributed by atoms with van der Waals surface area (Å²) in [5.74, 6) is 0. The molecule has 0 spiro atoms. The van der Waals surface area contributed by atoms with Crippen molar-refractivity contribution in [3.8, 4) is 16.8 Å². The molecule has 0 radical (unpaired) electrons. The van der Waals surface area contributed by atoms with Crippen molar-refractivity contribution in [2.24, 2.45) is 0 Å². The van der Waals surface area contributed by atoms with Gasteiger partial charge in [-0.3, -0.25) is 0 Å². The predicted molar refractivity (Wildman–Crippen MR) is 406 cm³/mol.